The van der Waals surface area contributed by atoms with Gasteiger partial charge in [-0.05, 0) is 0 Å². The van der Waals surface area contributed by atoms with E-state index >= 15 is 0 Å². The quantitative estimate of drug-likeness (QED) is 0.626. The molecule has 21 heavy (non-hydrogen) atoms. The summed E-state index contributed by atoms with van der Waals surface area (Å²) in [6, 6.07) is 9.74. The average molecular weight is 464 g/mol. The predicted molar refractivity (Wildman–Crippen MR) is 86.6 cm³/mol. The van der Waals surface area contributed by atoms with Crippen LogP contribution in [-0.4, -0.2) is 37.2 Å². The summed E-state index contributed by atoms with van der Waals surface area (Å²) in [5.74, 6) is 0. The van der Waals surface area contributed by atoms with Gasteiger partial charge in [0.15, 0.2) is 0 Å². The minimum absolute atomic E-state index is 0. The molecule has 2 aliphatic heterocycles. The molecule has 119 valence electrons. The molecule has 1 aromatic carbocycles. The average Bonchev–Trinajstić information content (AvgIpc) is 2.98. The maximum Gasteiger partial charge on any atom is 0.0916 e. The second kappa shape index (κ2) is 8.10. The summed E-state index contributed by atoms with van der Waals surface area (Å²) in [6.07, 6.45) is 8.32. The van der Waals surface area contributed by atoms with E-state index in [9.17, 15) is 0 Å². The standard InChI is InChI=1S/C14H17N4.2CH3.Ir/c1-15-6-8-17(11-15)13-4-3-5-14(10-13)18-9-7-16(2)12-18;;;/h3-9H,11-12H2,1-2H3;2*1H3;/q3*-1;. The molecule has 0 aromatic heterocycles. The van der Waals surface area contributed by atoms with Crippen molar-refractivity contribution in [2.75, 3.05) is 37.2 Å². The molecule has 3 rings (SSSR count). The van der Waals surface area contributed by atoms with E-state index in [2.05, 4.69) is 82.8 Å². The van der Waals surface area contributed by atoms with Crippen molar-refractivity contribution in [1.82, 2.24) is 9.80 Å². The fourth-order valence-corrected chi connectivity index (χ4v) is 2.15. The Balaban J connectivity index is 0.00000133. The second-order valence-corrected chi connectivity index (χ2v) is 4.75. The summed E-state index contributed by atoms with van der Waals surface area (Å²) in [5.41, 5.74) is 2.21. The fourth-order valence-electron chi connectivity index (χ4n) is 2.15. The second-order valence-electron chi connectivity index (χ2n) is 4.75. The van der Waals surface area contributed by atoms with Crippen LogP contribution in [0.4, 0.5) is 11.4 Å². The van der Waals surface area contributed by atoms with Crippen molar-refractivity contribution in [3.63, 3.8) is 0 Å². The minimum Gasteiger partial charge on any atom is -0.361 e. The van der Waals surface area contributed by atoms with Gasteiger partial charge in [-0.1, -0.05) is 11.4 Å². The molecule has 5 heteroatoms. The minimum atomic E-state index is 0. The van der Waals surface area contributed by atoms with Gasteiger partial charge < -0.3 is 34.5 Å². The van der Waals surface area contributed by atoms with Gasteiger partial charge in [0.2, 0.25) is 0 Å². The van der Waals surface area contributed by atoms with Crippen molar-refractivity contribution < 1.29 is 20.1 Å². The van der Waals surface area contributed by atoms with Crippen LogP contribution >= 0.6 is 0 Å². The molecule has 0 saturated carbocycles. The molecular formula is C16H23IrN4-3. The normalized spacial score (nSPS) is 15.7. The summed E-state index contributed by atoms with van der Waals surface area (Å²) in [6.45, 7) is 1.77. The number of hydrogen-bond donors (Lipinski definition) is 0. The fraction of sp³-hybridized carbons (Fsp3) is 0.250. The Hall–Kier alpha value is -1.45. The number of benzene rings is 1. The van der Waals surface area contributed by atoms with Gasteiger partial charge in [0.05, 0.1) is 13.3 Å². The van der Waals surface area contributed by atoms with E-state index < -0.39 is 0 Å². The Labute approximate surface area is 142 Å². The zero-order valence-electron chi connectivity index (χ0n) is 13.1. The molecule has 1 radical (unpaired) electrons. The van der Waals surface area contributed by atoms with Crippen LogP contribution in [0.25, 0.3) is 0 Å². The van der Waals surface area contributed by atoms with Gasteiger partial charge in [0, 0.05) is 59.0 Å². The van der Waals surface area contributed by atoms with E-state index in [1.165, 1.54) is 0 Å². The molecule has 1 aromatic rings. The van der Waals surface area contributed by atoms with Crippen molar-refractivity contribution in [2.24, 2.45) is 0 Å². The van der Waals surface area contributed by atoms with Crippen LogP contribution in [-0.2, 0) is 20.1 Å². The zero-order valence-corrected chi connectivity index (χ0v) is 15.5. The Kier molecular flexibility index (Phi) is 7.54. The Morgan fingerprint density at radius 2 is 1.24 bits per heavy atom. The van der Waals surface area contributed by atoms with Gasteiger partial charge in [-0.25, -0.2) is 0 Å². The SMILES string of the molecule is CN1C=CN(c2[c-]c(N3C=CN(C)C3)ccc2)C1.[CH3-].[CH3-].[Ir]. The first-order chi connectivity index (χ1) is 8.72. The van der Waals surface area contributed by atoms with Crippen LogP contribution in [0.3, 0.4) is 0 Å². The van der Waals surface area contributed by atoms with Gasteiger partial charge in [0.25, 0.3) is 0 Å². The molecule has 0 N–H and O–H groups in total. The van der Waals surface area contributed by atoms with E-state index in [1.807, 2.05) is 0 Å². The van der Waals surface area contributed by atoms with Gasteiger partial charge in [-0.3, -0.25) is 0 Å². The Bertz CT molecular complexity index is 460. The van der Waals surface area contributed by atoms with Crippen LogP contribution in [0.1, 0.15) is 0 Å². The molecule has 2 aliphatic rings. The number of hydrogen-bond acceptors (Lipinski definition) is 4. The molecule has 4 nitrogen and oxygen atoms in total. The van der Waals surface area contributed by atoms with Crippen LogP contribution < -0.4 is 9.80 Å². The molecule has 0 saturated heterocycles. The van der Waals surface area contributed by atoms with E-state index in [-0.39, 0.29) is 35.0 Å². The predicted octanol–water partition coefficient (Wildman–Crippen LogP) is 2.75. The monoisotopic (exact) mass is 464 g/mol. The van der Waals surface area contributed by atoms with Crippen molar-refractivity contribution in [3.8, 4) is 0 Å². The zero-order chi connectivity index (χ0) is 12.5. The van der Waals surface area contributed by atoms with Gasteiger partial charge in [-0.15, -0.1) is 18.2 Å². The summed E-state index contributed by atoms with van der Waals surface area (Å²) >= 11 is 0. The van der Waals surface area contributed by atoms with E-state index in [0.717, 1.165) is 24.7 Å². The molecule has 0 spiro atoms. The van der Waals surface area contributed by atoms with Gasteiger partial charge >= 0.3 is 0 Å². The van der Waals surface area contributed by atoms with E-state index in [1.54, 1.807) is 0 Å². The molecule has 0 atom stereocenters. The maximum atomic E-state index is 3.47. The van der Waals surface area contributed by atoms with Crippen molar-refractivity contribution in [3.05, 3.63) is 63.9 Å². The largest absolute Gasteiger partial charge is 0.361 e. The summed E-state index contributed by atoms with van der Waals surface area (Å²) in [5, 5.41) is 0. The summed E-state index contributed by atoms with van der Waals surface area (Å²) in [7, 11) is 4.14. The van der Waals surface area contributed by atoms with E-state index in [4.69, 9.17) is 0 Å². The number of nitrogens with zero attached hydrogens (tertiary/aromatic N) is 4. The van der Waals surface area contributed by atoms with Crippen molar-refractivity contribution in [2.45, 2.75) is 0 Å². The Morgan fingerprint density at radius 3 is 1.57 bits per heavy atom. The summed E-state index contributed by atoms with van der Waals surface area (Å²) < 4.78 is 0. The van der Waals surface area contributed by atoms with E-state index in [0.29, 0.717) is 0 Å². The molecule has 2 heterocycles. The van der Waals surface area contributed by atoms with Crippen LogP contribution in [0, 0.1) is 20.9 Å². The van der Waals surface area contributed by atoms with Crippen LogP contribution in [0.15, 0.2) is 43.0 Å². The molecular weight excluding hydrogens is 440 g/mol. The third-order valence-corrected chi connectivity index (χ3v) is 3.14. The molecule has 0 amide bonds. The summed E-state index contributed by atoms with van der Waals surface area (Å²) in [4.78, 5) is 8.66. The number of rotatable bonds is 2. The molecule has 0 aliphatic carbocycles. The first-order valence-corrected chi connectivity index (χ1v) is 6.05. The van der Waals surface area contributed by atoms with Gasteiger partial charge in [0.1, 0.15) is 0 Å². The smallest absolute Gasteiger partial charge is 0.0916 e. The number of anilines is 2. The molecule has 0 fully saturated rings. The van der Waals surface area contributed by atoms with Crippen LogP contribution in [0.5, 0.6) is 0 Å². The first-order valence-electron chi connectivity index (χ1n) is 6.05. The Morgan fingerprint density at radius 1 is 0.810 bits per heavy atom. The molecule has 0 unspecified atom stereocenters. The van der Waals surface area contributed by atoms with Gasteiger partial charge in [-0.2, -0.15) is 6.07 Å². The third-order valence-electron chi connectivity index (χ3n) is 3.14. The first kappa shape index (κ1) is 19.5. The topological polar surface area (TPSA) is 13.0 Å². The molecule has 0 bridgehead atoms. The third kappa shape index (κ3) is 4.26. The maximum absolute atomic E-state index is 3.47. The van der Waals surface area contributed by atoms with Crippen LogP contribution in [0.2, 0.25) is 0 Å². The van der Waals surface area contributed by atoms with Crippen molar-refractivity contribution in [1.29, 1.82) is 0 Å². The van der Waals surface area contributed by atoms with Crippen molar-refractivity contribution >= 4 is 11.4 Å².